The van der Waals surface area contributed by atoms with Gasteiger partial charge in [0, 0.05) is 0 Å². The van der Waals surface area contributed by atoms with Crippen LogP contribution in [-0.4, -0.2) is 26.2 Å². The Labute approximate surface area is 49.2 Å². The highest BCUT2D eigenvalue weighted by Crippen LogP contribution is 1.85. The standard InChI is InChI=1S/C3H8O4S/c1-3(2-4)7-8(5)6/h3-4,8H,2H2,1H3. The SMILES string of the molecule is CC(CO)O[SH](=O)=O. The van der Waals surface area contributed by atoms with Gasteiger partial charge in [-0.05, 0) is 6.92 Å². The number of rotatable bonds is 3. The molecule has 1 atom stereocenters. The van der Waals surface area contributed by atoms with Crippen molar-refractivity contribution in [3.8, 4) is 0 Å². The van der Waals surface area contributed by atoms with E-state index in [1.165, 1.54) is 6.92 Å². The summed E-state index contributed by atoms with van der Waals surface area (Å²) < 4.78 is 23.4. The van der Waals surface area contributed by atoms with Crippen molar-refractivity contribution in [2.75, 3.05) is 6.61 Å². The monoisotopic (exact) mass is 140 g/mol. The molecule has 4 nitrogen and oxygen atoms in total. The Balaban J connectivity index is 3.39. The summed E-state index contributed by atoms with van der Waals surface area (Å²) in [5, 5.41) is 8.19. The molecule has 8 heavy (non-hydrogen) atoms. The second-order valence-corrected chi connectivity index (χ2v) is 1.98. The van der Waals surface area contributed by atoms with Crippen molar-refractivity contribution in [3.63, 3.8) is 0 Å². The lowest BCUT2D eigenvalue weighted by atomic mass is 10.5. The molecule has 0 amide bonds. The minimum atomic E-state index is -2.81. The molecule has 0 radical (unpaired) electrons. The highest BCUT2D eigenvalue weighted by Gasteiger charge is 1.97. The van der Waals surface area contributed by atoms with Crippen LogP contribution in [0.25, 0.3) is 0 Å². The molecule has 0 aliphatic heterocycles. The molecule has 0 aliphatic rings. The smallest absolute Gasteiger partial charge is 0.257 e. The van der Waals surface area contributed by atoms with E-state index in [2.05, 4.69) is 4.18 Å². The summed E-state index contributed by atoms with van der Waals surface area (Å²) in [6, 6.07) is 0. The Morgan fingerprint density at radius 1 is 1.75 bits per heavy atom. The second kappa shape index (κ2) is 3.82. The fourth-order valence-electron chi connectivity index (χ4n) is 0.180. The van der Waals surface area contributed by atoms with Gasteiger partial charge in [-0.15, -0.1) is 0 Å². The number of hydrogen-bond acceptors (Lipinski definition) is 4. The van der Waals surface area contributed by atoms with Crippen molar-refractivity contribution >= 4 is 11.0 Å². The van der Waals surface area contributed by atoms with Gasteiger partial charge in [-0.1, -0.05) is 0 Å². The maximum absolute atomic E-state index is 9.67. The van der Waals surface area contributed by atoms with Crippen LogP contribution in [0.2, 0.25) is 0 Å². The summed E-state index contributed by atoms with van der Waals surface area (Å²) in [5.41, 5.74) is 0. The highest BCUT2D eigenvalue weighted by molar-refractivity contribution is 7.67. The summed E-state index contributed by atoms with van der Waals surface area (Å²) in [5.74, 6) is 0. The predicted octanol–water partition coefficient (Wildman–Crippen LogP) is -1.09. The summed E-state index contributed by atoms with van der Waals surface area (Å²) >= 11 is 0. The molecule has 0 spiro atoms. The maximum Gasteiger partial charge on any atom is 0.257 e. The Hall–Kier alpha value is -0.130. The van der Waals surface area contributed by atoms with Crippen molar-refractivity contribution in [1.82, 2.24) is 0 Å². The number of thiol groups is 1. The molecule has 0 rings (SSSR count). The lowest BCUT2D eigenvalue weighted by Crippen LogP contribution is -2.11. The van der Waals surface area contributed by atoms with Crippen molar-refractivity contribution in [1.29, 1.82) is 0 Å². The Morgan fingerprint density at radius 3 is 2.38 bits per heavy atom. The second-order valence-electron chi connectivity index (χ2n) is 1.32. The van der Waals surface area contributed by atoms with Gasteiger partial charge in [0.2, 0.25) is 0 Å². The number of aliphatic hydroxyl groups is 1. The largest absolute Gasteiger partial charge is 0.394 e. The summed E-state index contributed by atoms with van der Waals surface area (Å²) in [7, 11) is -2.81. The molecule has 50 valence electrons. The molecule has 1 unspecified atom stereocenters. The molecular weight excluding hydrogens is 132 g/mol. The molecule has 0 bridgehead atoms. The van der Waals surface area contributed by atoms with Gasteiger partial charge in [0.1, 0.15) is 0 Å². The Morgan fingerprint density at radius 2 is 2.25 bits per heavy atom. The first-order valence-corrected chi connectivity index (χ1v) is 3.18. The fraction of sp³-hybridized carbons (Fsp3) is 1.00. The van der Waals surface area contributed by atoms with Crippen LogP contribution in [0.5, 0.6) is 0 Å². The van der Waals surface area contributed by atoms with Gasteiger partial charge in [-0.3, -0.25) is 4.18 Å². The quantitative estimate of drug-likeness (QED) is 0.489. The van der Waals surface area contributed by atoms with Crippen LogP contribution in [0.4, 0.5) is 0 Å². The van der Waals surface area contributed by atoms with Crippen LogP contribution in [0.3, 0.4) is 0 Å². The van der Waals surface area contributed by atoms with E-state index in [4.69, 9.17) is 5.11 Å². The van der Waals surface area contributed by atoms with Gasteiger partial charge >= 0.3 is 0 Å². The van der Waals surface area contributed by atoms with E-state index in [-0.39, 0.29) is 6.61 Å². The molecule has 0 heterocycles. The van der Waals surface area contributed by atoms with Crippen LogP contribution in [0.15, 0.2) is 0 Å². The molecule has 0 aromatic rings. The van der Waals surface area contributed by atoms with E-state index in [0.29, 0.717) is 0 Å². The van der Waals surface area contributed by atoms with Gasteiger partial charge in [0.15, 0.2) is 0 Å². The average Bonchev–Trinajstić information content (AvgIpc) is 1.65. The fourth-order valence-corrected chi connectivity index (χ4v) is 0.541. The zero-order valence-electron chi connectivity index (χ0n) is 4.40. The van der Waals surface area contributed by atoms with Crippen LogP contribution in [-0.2, 0) is 15.2 Å². The third-order valence-corrected chi connectivity index (χ3v) is 1.06. The van der Waals surface area contributed by atoms with Gasteiger partial charge in [0.25, 0.3) is 11.0 Å². The van der Waals surface area contributed by atoms with Gasteiger partial charge in [-0.25, -0.2) is 8.42 Å². The van der Waals surface area contributed by atoms with Crippen molar-refractivity contribution in [3.05, 3.63) is 0 Å². The molecule has 0 saturated carbocycles. The first kappa shape index (κ1) is 7.87. The maximum atomic E-state index is 9.67. The van der Waals surface area contributed by atoms with Crippen LogP contribution in [0.1, 0.15) is 6.92 Å². The van der Waals surface area contributed by atoms with E-state index in [9.17, 15) is 8.42 Å². The molecule has 0 aliphatic carbocycles. The van der Waals surface area contributed by atoms with E-state index in [1.54, 1.807) is 0 Å². The third kappa shape index (κ3) is 4.04. The van der Waals surface area contributed by atoms with E-state index in [1.807, 2.05) is 0 Å². The average molecular weight is 140 g/mol. The minimum Gasteiger partial charge on any atom is -0.394 e. The molecule has 0 aromatic heterocycles. The van der Waals surface area contributed by atoms with Gasteiger partial charge in [0.05, 0.1) is 12.7 Å². The first-order chi connectivity index (χ1) is 3.66. The lowest BCUT2D eigenvalue weighted by molar-refractivity contribution is 0.140. The van der Waals surface area contributed by atoms with Crippen LogP contribution in [0, 0.1) is 0 Å². The topological polar surface area (TPSA) is 63.6 Å². The predicted molar refractivity (Wildman–Crippen MR) is 27.9 cm³/mol. The zero-order valence-corrected chi connectivity index (χ0v) is 5.30. The molecule has 1 N–H and O–H groups in total. The molecule has 5 heteroatoms. The molecular formula is C3H8O4S. The Bertz CT molecular complexity index is 110. The van der Waals surface area contributed by atoms with Crippen LogP contribution < -0.4 is 0 Å². The van der Waals surface area contributed by atoms with Gasteiger partial charge < -0.3 is 5.11 Å². The zero-order chi connectivity index (χ0) is 6.57. The van der Waals surface area contributed by atoms with Crippen molar-refractivity contribution in [2.45, 2.75) is 13.0 Å². The third-order valence-electron chi connectivity index (χ3n) is 0.523. The normalized spacial score (nSPS) is 14.4. The van der Waals surface area contributed by atoms with Crippen molar-refractivity contribution < 1.29 is 17.7 Å². The number of hydrogen-bond donors (Lipinski definition) is 2. The van der Waals surface area contributed by atoms with Crippen LogP contribution >= 0.6 is 0 Å². The van der Waals surface area contributed by atoms with Crippen molar-refractivity contribution in [2.24, 2.45) is 0 Å². The summed E-state index contributed by atoms with van der Waals surface area (Å²) in [4.78, 5) is 0. The van der Waals surface area contributed by atoms with E-state index in [0.717, 1.165) is 0 Å². The lowest BCUT2D eigenvalue weighted by Gasteiger charge is -1.99. The summed E-state index contributed by atoms with van der Waals surface area (Å²) in [6.45, 7) is 1.19. The minimum absolute atomic E-state index is 0.274. The highest BCUT2D eigenvalue weighted by atomic mass is 32.2. The molecule has 0 saturated heterocycles. The summed E-state index contributed by atoms with van der Waals surface area (Å²) in [6.07, 6.45) is -0.615. The molecule has 0 fully saturated rings. The first-order valence-electron chi connectivity index (χ1n) is 2.09. The number of aliphatic hydroxyl groups excluding tert-OH is 1. The molecule has 0 aromatic carbocycles. The Kier molecular flexibility index (Phi) is 3.76. The van der Waals surface area contributed by atoms with Gasteiger partial charge in [-0.2, -0.15) is 0 Å². The van der Waals surface area contributed by atoms with E-state index >= 15 is 0 Å². The van der Waals surface area contributed by atoms with E-state index < -0.39 is 17.1 Å².